The van der Waals surface area contributed by atoms with Gasteiger partial charge < -0.3 is 0 Å². The first-order valence-corrected chi connectivity index (χ1v) is 7.80. The maximum atomic E-state index is 6.45. The van der Waals surface area contributed by atoms with Crippen LogP contribution in [0.25, 0.3) is 0 Å². The molecule has 1 atom stereocenters. The number of rotatable bonds is 3. The fourth-order valence-electron chi connectivity index (χ4n) is 1.74. The maximum absolute atomic E-state index is 6.45. The summed E-state index contributed by atoms with van der Waals surface area (Å²) in [4.78, 5) is 0. The van der Waals surface area contributed by atoms with Crippen molar-refractivity contribution in [1.29, 1.82) is 0 Å². The van der Waals surface area contributed by atoms with Crippen molar-refractivity contribution in [3.05, 3.63) is 67.6 Å². The van der Waals surface area contributed by atoms with Gasteiger partial charge >= 0.3 is 0 Å². The van der Waals surface area contributed by atoms with Crippen LogP contribution in [-0.2, 0) is 6.42 Å². The van der Waals surface area contributed by atoms with Gasteiger partial charge in [-0.25, -0.2) is 0 Å². The highest BCUT2D eigenvalue weighted by Gasteiger charge is 2.13. The average molecular weight is 409 g/mol. The molecule has 0 amide bonds. The molecule has 2 aromatic rings. The minimum Gasteiger partial charge on any atom is -0.117 e. The van der Waals surface area contributed by atoms with E-state index in [1.165, 1.54) is 5.56 Å². The fourth-order valence-corrected chi connectivity index (χ4v) is 3.22. The minimum absolute atomic E-state index is 0.135. The number of benzene rings is 2. The van der Waals surface area contributed by atoms with E-state index in [2.05, 4.69) is 44.0 Å². The molecule has 0 nitrogen and oxygen atoms in total. The van der Waals surface area contributed by atoms with Crippen LogP contribution in [0.1, 0.15) is 16.5 Å². The summed E-state index contributed by atoms with van der Waals surface area (Å²) in [6, 6.07) is 13.9. The van der Waals surface area contributed by atoms with Gasteiger partial charge in [0.2, 0.25) is 0 Å². The van der Waals surface area contributed by atoms with E-state index in [9.17, 15) is 0 Å². The van der Waals surface area contributed by atoms with E-state index in [1.807, 2.05) is 30.3 Å². The zero-order valence-corrected chi connectivity index (χ0v) is 14.0. The van der Waals surface area contributed by atoms with E-state index in [0.717, 1.165) is 20.9 Å². The molecule has 94 valence electrons. The Kier molecular flexibility index (Phi) is 5.14. The molecule has 0 saturated heterocycles. The first kappa shape index (κ1) is 14.4. The van der Waals surface area contributed by atoms with Crippen molar-refractivity contribution >= 4 is 55.1 Å². The summed E-state index contributed by atoms with van der Waals surface area (Å²) < 4.78 is 2.05. The van der Waals surface area contributed by atoms with Crippen LogP contribution in [0.2, 0.25) is 5.02 Å². The topological polar surface area (TPSA) is 0 Å². The number of hydrogen-bond donors (Lipinski definition) is 0. The number of halogens is 4. The SMILES string of the molecule is Clc1ccc(Br)cc1C(Cl)Cc1cccc(Br)c1. The number of hydrogen-bond acceptors (Lipinski definition) is 0. The van der Waals surface area contributed by atoms with Gasteiger partial charge in [-0.05, 0) is 47.9 Å². The first-order chi connectivity index (χ1) is 8.56. The van der Waals surface area contributed by atoms with Gasteiger partial charge in [-0.2, -0.15) is 0 Å². The minimum atomic E-state index is -0.135. The highest BCUT2D eigenvalue weighted by atomic mass is 79.9. The lowest BCUT2D eigenvalue weighted by Crippen LogP contribution is -1.97. The van der Waals surface area contributed by atoms with Gasteiger partial charge in [0.15, 0.2) is 0 Å². The molecule has 0 radical (unpaired) electrons. The predicted molar refractivity (Wildman–Crippen MR) is 85.6 cm³/mol. The summed E-state index contributed by atoms with van der Waals surface area (Å²) in [5.74, 6) is 0. The molecule has 0 spiro atoms. The predicted octanol–water partition coefficient (Wildman–Crippen LogP) is 6.39. The van der Waals surface area contributed by atoms with Gasteiger partial charge in [0, 0.05) is 14.0 Å². The second-order valence-electron chi connectivity index (χ2n) is 3.97. The van der Waals surface area contributed by atoms with Crippen LogP contribution in [0.4, 0.5) is 0 Å². The molecule has 2 rings (SSSR count). The molecule has 18 heavy (non-hydrogen) atoms. The van der Waals surface area contributed by atoms with E-state index < -0.39 is 0 Å². The summed E-state index contributed by atoms with van der Waals surface area (Å²) in [5.41, 5.74) is 2.13. The second-order valence-corrected chi connectivity index (χ2v) is 6.73. The van der Waals surface area contributed by atoms with Crippen molar-refractivity contribution in [3.8, 4) is 0 Å². The lowest BCUT2D eigenvalue weighted by Gasteiger charge is -2.12. The van der Waals surface area contributed by atoms with Crippen molar-refractivity contribution in [1.82, 2.24) is 0 Å². The fraction of sp³-hybridized carbons (Fsp3) is 0.143. The Hall–Kier alpha value is -0.0200. The Morgan fingerprint density at radius 3 is 2.44 bits per heavy atom. The van der Waals surface area contributed by atoms with Crippen LogP contribution in [0.3, 0.4) is 0 Å². The van der Waals surface area contributed by atoms with Crippen molar-refractivity contribution < 1.29 is 0 Å². The molecule has 0 N–H and O–H groups in total. The van der Waals surface area contributed by atoms with Crippen LogP contribution in [-0.4, -0.2) is 0 Å². The molecule has 0 heterocycles. The molecule has 0 saturated carbocycles. The molecule has 2 aromatic carbocycles. The van der Waals surface area contributed by atoms with Gasteiger partial charge in [0.1, 0.15) is 0 Å². The van der Waals surface area contributed by atoms with E-state index in [0.29, 0.717) is 5.02 Å². The smallest absolute Gasteiger partial charge is 0.0640 e. The Balaban J connectivity index is 2.21. The summed E-state index contributed by atoms with van der Waals surface area (Å²) in [6.07, 6.45) is 0.747. The van der Waals surface area contributed by atoms with Crippen LogP contribution in [0.15, 0.2) is 51.4 Å². The van der Waals surface area contributed by atoms with E-state index >= 15 is 0 Å². The van der Waals surface area contributed by atoms with Gasteiger partial charge in [-0.15, -0.1) is 11.6 Å². The molecular weight excluding hydrogens is 399 g/mol. The normalized spacial score (nSPS) is 12.4. The molecular formula is C14H10Br2Cl2. The van der Waals surface area contributed by atoms with Crippen molar-refractivity contribution in [2.24, 2.45) is 0 Å². The van der Waals surface area contributed by atoms with Crippen LogP contribution in [0.5, 0.6) is 0 Å². The zero-order chi connectivity index (χ0) is 13.1. The third kappa shape index (κ3) is 3.74. The van der Waals surface area contributed by atoms with Crippen LogP contribution in [0, 0.1) is 0 Å². The highest BCUT2D eigenvalue weighted by Crippen LogP contribution is 2.33. The monoisotopic (exact) mass is 406 g/mol. The van der Waals surface area contributed by atoms with Crippen molar-refractivity contribution in [2.75, 3.05) is 0 Å². The summed E-state index contributed by atoms with van der Waals surface area (Å²) in [7, 11) is 0. The Bertz CT molecular complexity index is 555. The highest BCUT2D eigenvalue weighted by molar-refractivity contribution is 9.10. The summed E-state index contributed by atoms with van der Waals surface area (Å²) in [6.45, 7) is 0. The van der Waals surface area contributed by atoms with Gasteiger partial charge in [-0.3, -0.25) is 0 Å². The van der Waals surface area contributed by atoms with Crippen molar-refractivity contribution in [3.63, 3.8) is 0 Å². The van der Waals surface area contributed by atoms with Gasteiger partial charge in [-0.1, -0.05) is 55.6 Å². The average Bonchev–Trinajstić information content (AvgIpc) is 2.32. The van der Waals surface area contributed by atoms with Gasteiger partial charge in [0.25, 0.3) is 0 Å². The van der Waals surface area contributed by atoms with E-state index in [4.69, 9.17) is 23.2 Å². The molecule has 0 bridgehead atoms. The molecule has 0 aromatic heterocycles. The van der Waals surface area contributed by atoms with Crippen LogP contribution >= 0.6 is 55.1 Å². The lowest BCUT2D eigenvalue weighted by molar-refractivity contribution is 0.918. The number of alkyl halides is 1. The molecule has 0 aliphatic heterocycles. The van der Waals surface area contributed by atoms with Crippen molar-refractivity contribution in [2.45, 2.75) is 11.8 Å². The maximum Gasteiger partial charge on any atom is 0.0640 e. The van der Waals surface area contributed by atoms with E-state index in [-0.39, 0.29) is 5.38 Å². The third-order valence-corrected chi connectivity index (χ3v) is 4.32. The second kappa shape index (κ2) is 6.42. The Morgan fingerprint density at radius 2 is 1.72 bits per heavy atom. The molecule has 1 unspecified atom stereocenters. The van der Waals surface area contributed by atoms with Crippen LogP contribution < -0.4 is 0 Å². The lowest BCUT2D eigenvalue weighted by atomic mass is 10.0. The molecule has 4 heteroatoms. The third-order valence-electron chi connectivity index (χ3n) is 2.60. The first-order valence-electron chi connectivity index (χ1n) is 5.40. The quantitative estimate of drug-likeness (QED) is 0.516. The molecule has 0 fully saturated rings. The zero-order valence-electron chi connectivity index (χ0n) is 9.34. The summed E-state index contributed by atoms with van der Waals surface area (Å²) in [5, 5.41) is 0.567. The molecule has 0 aliphatic carbocycles. The Morgan fingerprint density at radius 1 is 1.00 bits per heavy atom. The Labute approximate surface area is 134 Å². The molecule has 0 aliphatic rings. The van der Waals surface area contributed by atoms with E-state index in [1.54, 1.807) is 0 Å². The largest absolute Gasteiger partial charge is 0.117 e. The standard InChI is InChI=1S/C14H10Br2Cl2/c15-10-3-1-2-9(6-10)7-14(18)12-8-11(16)4-5-13(12)17/h1-6,8,14H,7H2. The summed E-state index contributed by atoms with van der Waals surface area (Å²) >= 11 is 19.5. The van der Waals surface area contributed by atoms with Gasteiger partial charge in [0.05, 0.1) is 5.38 Å².